The second kappa shape index (κ2) is 10.8. The third kappa shape index (κ3) is 6.13. The molecule has 2 aromatic rings. The molecule has 0 bridgehead atoms. The van der Waals surface area contributed by atoms with E-state index >= 15 is 0 Å². The summed E-state index contributed by atoms with van der Waals surface area (Å²) < 4.78 is 35.4. The number of aryl methyl sites for hydroxylation is 1. The first kappa shape index (κ1) is 27.1. The first-order valence-corrected chi connectivity index (χ1v) is 13.9. The van der Waals surface area contributed by atoms with Crippen molar-refractivity contribution in [3.05, 3.63) is 36.3 Å². The molecule has 0 radical (unpaired) electrons. The van der Waals surface area contributed by atoms with Crippen LogP contribution < -0.4 is 10.1 Å². The maximum absolute atomic E-state index is 13.3. The fourth-order valence-electron chi connectivity index (χ4n) is 4.35. The molecule has 0 saturated heterocycles. The SMILES string of the molecule is C[C@@H]1CN([C@H](C)CO)C(=O)Cc2cc(NC(=O)C3CC3)ccc2O[C@H]1CN(C)S(=O)(=O)c1cn(C)cn1. The molecule has 2 N–H and O–H groups in total. The van der Waals surface area contributed by atoms with Gasteiger partial charge in [0.1, 0.15) is 11.9 Å². The van der Waals surface area contributed by atoms with Gasteiger partial charge in [0.25, 0.3) is 10.0 Å². The van der Waals surface area contributed by atoms with Crippen molar-refractivity contribution in [1.82, 2.24) is 18.8 Å². The lowest BCUT2D eigenvalue weighted by Crippen LogP contribution is -2.48. The molecule has 2 heterocycles. The van der Waals surface area contributed by atoms with Gasteiger partial charge in [-0.1, -0.05) is 6.92 Å². The smallest absolute Gasteiger partial charge is 0.261 e. The number of fused-ring (bicyclic) bond motifs is 1. The van der Waals surface area contributed by atoms with Gasteiger partial charge in [-0.3, -0.25) is 9.59 Å². The van der Waals surface area contributed by atoms with E-state index in [0.717, 1.165) is 12.8 Å². The molecule has 1 aromatic carbocycles. The van der Waals surface area contributed by atoms with Crippen molar-refractivity contribution >= 4 is 27.5 Å². The van der Waals surface area contributed by atoms with Crippen LogP contribution in [0.1, 0.15) is 32.3 Å². The summed E-state index contributed by atoms with van der Waals surface area (Å²) >= 11 is 0. The Morgan fingerprint density at radius 3 is 2.70 bits per heavy atom. The molecule has 0 unspecified atom stereocenters. The molecule has 37 heavy (non-hydrogen) atoms. The number of aliphatic hydroxyl groups excluding tert-OH is 1. The van der Waals surface area contributed by atoms with Crippen LogP contribution in [-0.4, -0.2) is 83.0 Å². The van der Waals surface area contributed by atoms with Crippen molar-refractivity contribution in [3.8, 4) is 5.75 Å². The van der Waals surface area contributed by atoms with Crippen molar-refractivity contribution in [2.24, 2.45) is 18.9 Å². The van der Waals surface area contributed by atoms with Gasteiger partial charge in [0.15, 0.2) is 5.03 Å². The predicted octanol–water partition coefficient (Wildman–Crippen LogP) is 1.24. The molecule has 1 fully saturated rings. The monoisotopic (exact) mass is 533 g/mol. The predicted molar refractivity (Wildman–Crippen MR) is 136 cm³/mol. The number of carbonyl (C=O) groups is 2. The molecule has 1 aliphatic carbocycles. The third-order valence-corrected chi connectivity index (χ3v) is 8.63. The van der Waals surface area contributed by atoms with E-state index < -0.39 is 22.2 Å². The summed E-state index contributed by atoms with van der Waals surface area (Å²) in [5.74, 6) is -0.000217. The average molecular weight is 534 g/mol. The Morgan fingerprint density at radius 2 is 2.08 bits per heavy atom. The van der Waals surface area contributed by atoms with Gasteiger partial charge in [0, 0.05) is 49.9 Å². The number of sulfonamides is 1. The summed E-state index contributed by atoms with van der Waals surface area (Å²) in [5.41, 5.74) is 1.16. The number of benzene rings is 1. The summed E-state index contributed by atoms with van der Waals surface area (Å²) in [7, 11) is -0.691. The lowest BCUT2D eigenvalue weighted by Gasteiger charge is -2.33. The Labute approximate surface area is 217 Å². The maximum atomic E-state index is 13.3. The fraction of sp³-hybridized carbons (Fsp3) is 0.560. The minimum absolute atomic E-state index is 0.0221. The van der Waals surface area contributed by atoms with Crippen molar-refractivity contribution in [2.75, 3.05) is 32.1 Å². The highest BCUT2D eigenvalue weighted by Crippen LogP contribution is 2.32. The lowest BCUT2D eigenvalue weighted by atomic mass is 10.0. The standard InChI is InChI=1S/C25H35N5O6S/c1-16-11-30(17(2)14-31)24(32)10-19-9-20(27-25(33)18-5-6-18)7-8-21(19)36-22(16)12-29(4)37(34,35)23-13-28(3)15-26-23/h7-9,13,15-18,22,31H,5-6,10-12,14H2,1-4H3,(H,27,33)/t16-,17-,22+/m1/s1. The van der Waals surface area contributed by atoms with E-state index in [9.17, 15) is 23.1 Å². The van der Waals surface area contributed by atoms with Crippen LogP contribution in [0.3, 0.4) is 0 Å². The van der Waals surface area contributed by atoms with Gasteiger partial charge in [-0.2, -0.15) is 4.31 Å². The molecule has 11 nitrogen and oxygen atoms in total. The van der Waals surface area contributed by atoms with Crippen LogP contribution >= 0.6 is 0 Å². The summed E-state index contributed by atoms with van der Waals surface area (Å²) in [6.45, 7) is 3.76. The van der Waals surface area contributed by atoms with E-state index in [4.69, 9.17) is 4.74 Å². The van der Waals surface area contributed by atoms with E-state index in [1.165, 1.54) is 23.9 Å². The molecule has 202 valence electrons. The van der Waals surface area contributed by atoms with Crippen LogP contribution in [0.15, 0.2) is 35.7 Å². The zero-order valence-corrected chi connectivity index (χ0v) is 22.4. The second-order valence-corrected chi connectivity index (χ2v) is 12.1. The molecular formula is C25H35N5O6S. The minimum atomic E-state index is -3.86. The highest BCUT2D eigenvalue weighted by molar-refractivity contribution is 7.89. The summed E-state index contributed by atoms with van der Waals surface area (Å²) in [6, 6.07) is 4.75. The number of anilines is 1. The molecule has 4 rings (SSSR count). The Morgan fingerprint density at radius 1 is 1.35 bits per heavy atom. The molecule has 2 aliphatic rings. The maximum Gasteiger partial charge on any atom is 0.261 e. The second-order valence-electron chi connectivity index (χ2n) is 10.1. The number of amides is 2. The van der Waals surface area contributed by atoms with Gasteiger partial charge in [0.2, 0.25) is 11.8 Å². The van der Waals surface area contributed by atoms with Crippen molar-refractivity contribution in [3.63, 3.8) is 0 Å². The highest BCUT2D eigenvalue weighted by Gasteiger charge is 2.34. The fourth-order valence-corrected chi connectivity index (χ4v) is 5.49. The Bertz CT molecular complexity index is 1260. The number of nitrogens with zero attached hydrogens (tertiary/aromatic N) is 4. The number of aromatic nitrogens is 2. The Kier molecular flexibility index (Phi) is 7.91. The van der Waals surface area contributed by atoms with Crippen LogP contribution in [0.5, 0.6) is 5.75 Å². The number of aliphatic hydroxyl groups is 1. The number of hydrogen-bond acceptors (Lipinski definition) is 7. The minimum Gasteiger partial charge on any atom is -0.488 e. The molecule has 1 saturated carbocycles. The number of rotatable bonds is 8. The lowest BCUT2D eigenvalue weighted by molar-refractivity contribution is -0.134. The summed E-state index contributed by atoms with van der Waals surface area (Å²) in [6.07, 6.45) is 4.04. The molecular weight excluding hydrogens is 498 g/mol. The summed E-state index contributed by atoms with van der Waals surface area (Å²) in [5, 5.41) is 12.6. The number of likely N-dealkylation sites (N-methyl/N-ethyl adjacent to an activating group) is 1. The first-order valence-electron chi connectivity index (χ1n) is 12.4. The molecule has 1 aromatic heterocycles. The number of ether oxygens (including phenoxy) is 1. The van der Waals surface area contributed by atoms with Gasteiger partial charge < -0.3 is 24.6 Å². The van der Waals surface area contributed by atoms with Crippen LogP contribution in [0.4, 0.5) is 5.69 Å². The van der Waals surface area contributed by atoms with Gasteiger partial charge in [0.05, 0.1) is 31.9 Å². The van der Waals surface area contributed by atoms with E-state index in [-0.39, 0.29) is 54.8 Å². The van der Waals surface area contributed by atoms with Crippen LogP contribution in [0.2, 0.25) is 0 Å². The van der Waals surface area contributed by atoms with Crippen molar-refractivity contribution < 1.29 is 27.9 Å². The molecule has 1 aliphatic heterocycles. The van der Waals surface area contributed by atoms with E-state index in [0.29, 0.717) is 17.0 Å². The van der Waals surface area contributed by atoms with Gasteiger partial charge in [-0.25, -0.2) is 13.4 Å². The normalized spacial score (nSPS) is 21.5. The van der Waals surface area contributed by atoms with Gasteiger partial charge in [-0.05, 0) is 38.0 Å². The zero-order valence-electron chi connectivity index (χ0n) is 21.6. The van der Waals surface area contributed by atoms with Crippen molar-refractivity contribution in [2.45, 2.75) is 50.3 Å². The van der Waals surface area contributed by atoms with Crippen LogP contribution in [0.25, 0.3) is 0 Å². The average Bonchev–Trinajstić information content (AvgIpc) is 3.61. The summed E-state index contributed by atoms with van der Waals surface area (Å²) in [4.78, 5) is 31.2. The quantitative estimate of drug-likeness (QED) is 0.521. The van der Waals surface area contributed by atoms with Crippen LogP contribution in [-0.2, 0) is 33.1 Å². The van der Waals surface area contributed by atoms with Gasteiger partial charge in [-0.15, -0.1) is 0 Å². The highest BCUT2D eigenvalue weighted by atomic mass is 32.2. The third-order valence-electron chi connectivity index (χ3n) is 6.93. The van der Waals surface area contributed by atoms with Crippen LogP contribution in [0, 0.1) is 11.8 Å². The first-order chi connectivity index (χ1) is 17.5. The molecule has 2 amide bonds. The number of nitrogens with one attached hydrogen (secondary N) is 1. The number of hydrogen-bond donors (Lipinski definition) is 2. The molecule has 3 atom stereocenters. The van der Waals surface area contributed by atoms with E-state index in [1.807, 2.05) is 6.92 Å². The zero-order chi connectivity index (χ0) is 26.9. The van der Waals surface area contributed by atoms with E-state index in [2.05, 4.69) is 10.3 Å². The van der Waals surface area contributed by atoms with Gasteiger partial charge >= 0.3 is 0 Å². The number of carbonyl (C=O) groups excluding carboxylic acids is 2. The largest absolute Gasteiger partial charge is 0.488 e. The van der Waals surface area contributed by atoms with Crippen molar-refractivity contribution in [1.29, 1.82) is 0 Å². The number of imidazole rings is 1. The molecule has 0 spiro atoms. The Hall–Kier alpha value is -2.96. The Balaban J connectivity index is 1.64. The molecule has 12 heteroatoms. The topological polar surface area (TPSA) is 134 Å². The van der Waals surface area contributed by atoms with E-state index in [1.54, 1.807) is 41.6 Å².